The van der Waals surface area contributed by atoms with Gasteiger partial charge in [-0.1, -0.05) is 5.73 Å². The van der Waals surface area contributed by atoms with Crippen molar-refractivity contribution in [2.75, 3.05) is 0 Å². The third-order valence-corrected chi connectivity index (χ3v) is 1.45. The van der Waals surface area contributed by atoms with Gasteiger partial charge in [0.15, 0.2) is 0 Å². The molecule has 0 bridgehead atoms. The molecule has 2 rings (SSSR count). The molecule has 1 aliphatic rings. The van der Waals surface area contributed by atoms with Crippen LogP contribution in [0.2, 0.25) is 0 Å². The van der Waals surface area contributed by atoms with Crippen LogP contribution in [0.4, 0.5) is 0 Å². The highest BCUT2D eigenvalue weighted by Crippen LogP contribution is 2.05. The molecule has 0 radical (unpaired) electrons. The molecule has 2 nitrogen and oxygen atoms in total. The molecule has 0 amide bonds. The summed E-state index contributed by atoms with van der Waals surface area (Å²) in [5.41, 5.74) is 4.85. The van der Waals surface area contributed by atoms with Gasteiger partial charge in [0.1, 0.15) is 0 Å². The molecule has 0 atom stereocenters. The molecule has 0 saturated carbocycles. The van der Waals surface area contributed by atoms with Crippen LogP contribution in [-0.4, -0.2) is 11.2 Å². The molecule has 0 aromatic carbocycles. The molecule has 0 N–H and O–H groups in total. The molecule has 2 heteroatoms. The van der Waals surface area contributed by atoms with Crippen LogP contribution in [0.5, 0.6) is 0 Å². The van der Waals surface area contributed by atoms with Gasteiger partial charge in [0.25, 0.3) is 0 Å². The lowest BCUT2D eigenvalue weighted by atomic mass is 10.2. The molecule has 1 aliphatic heterocycles. The Morgan fingerprint density at radius 2 is 2.36 bits per heavy atom. The summed E-state index contributed by atoms with van der Waals surface area (Å²) in [6.07, 6.45) is 6.99. The van der Waals surface area contributed by atoms with Gasteiger partial charge >= 0.3 is 0 Å². The number of rotatable bonds is 0. The minimum atomic E-state index is 0.921. The Bertz CT molecular complexity index is 358. The number of hydrogen-bond acceptors (Lipinski definition) is 2. The SMILES string of the molecule is C1=CN=Cc2cccnc2C=1. The van der Waals surface area contributed by atoms with Crippen molar-refractivity contribution in [2.24, 2.45) is 4.99 Å². The van der Waals surface area contributed by atoms with Crippen LogP contribution in [0.25, 0.3) is 6.08 Å². The molecular formula is C9H6N2. The fourth-order valence-electron chi connectivity index (χ4n) is 0.937. The number of fused-ring (bicyclic) bond motifs is 1. The zero-order chi connectivity index (χ0) is 7.52. The summed E-state index contributed by atoms with van der Waals surface area (Å²) in [6, 6.07) is 3.87. The van der Waals surface area contributed by atoms with Gasteiger partial charge in [-0.15, -0.1) is 0 Å². The van der Waals surface area contributed by atoms with Crippen LogP contribution in [0.1, 0.15) is 11.3 Å². The average molecular weight is 142 g/mol. The standard InChI is InChI=1S/C9H6N2/c1-3-8-7-10-5-2-4-9(8)11-6-1/h1,3-7H. The maximum absolute atomic E-state index is 4.15. The average Bonchev–Trinajstić information content (AvgIpc) is 2.28. The van der Waals surface area contributed by atoms with E-state index < -0.39 is 0 Å². The number of aliphatic imine (C=N–C) groups is 1. The van der Waals surface area contributed by atoms with E-state index in [1.54, 1.807) is 18.6 Å². The van der Waals surface area contributed by atoms with Crippen molar-refractivity contribution in [3.05, 3.63) is 41.5 Å². The van der Waals surface area contributed by atoms with E-state index in [1.165, 1.54) is 0 Å². The third kappa shape index (κ3) is 1.11. The van der Waals surface area contributed by atoms with E-state index in [1.807, 2.05) is 18.2 Å². The van der Waals surface area contributed by atoms with Gasteiger partial charge in [-0.2, -0.15) is 0 Å². The number of pyridine rings is 1. The topological polar surface area (TPSA) is 25.2 Å². The molecular weight excluding hydrogens is 136 g/mol. The first kappa shape index (κ1) is 6.08. The van der Waals surface area contributed by atoms with E-state index in [0.717, 1.165) is 11.3 Å². The highest BCUT2D eigenvalue weighted by Gasteiger charge is 1.96. The molecule has 1 aromatic heterocycles. The lowest BCUT2D eigenvalue weighted by Gasteiger charge is -1.93. The molecule has 1 aromatic rings. The number of hydrogen-bond donors (Lipinski definition) is 0. The van der Waals surface area contributed by atoms with Crippen molar-refractivity contribution in [1.82, 2.24) is 4.98 Å². The third-order valence-electron chi connectivity index (χ3n) is 1.45. The predicted molar refractivity (Wildman–Crippen MR) is 44.4 cm³/mol. The van der Waals surface area contributed by atoms with Crippen LogP contribution in [0, 0.1) is 0 Å². The Kier molecular flexibility index (Phi) is 1.39. The van der Waals surface area contributed by atoms with Gasteiger partial charge < -0.3 is 0 Å². The van der Waals surface area contributed by atoms with Gasteiger partial charge in [0.05, 0.1) is 11.9 Å². The predicted octanol–water partition coefficient (Wildman–Crippen LogP) is 1.64. The summed E-state index contributed by atoms with van der Waals surface area (Å²) in [5, 5.41) is 0. The lowest BCUT2D eigenvalue weighted by molar-refractivity contribution is 1.29. The molecule has 0 spiro atoms. The molecule has 52 valence electrons. The van der Waals surface area contributed by atoms with Crippen LogP contribution >= 0.6 is 0 Å². The van der Waals surface area contributed by atoms with E-state index in [2.05, 4.69) is 15.7 Å². The molecule has 0 aliphatic carbocycles. The second-order valence-corrected chi connectivity index (χ2v) is 2.20. The minimum Gasteiger partial charge on any atom is -0.256 e. The minimum absolute atomic E-state index is 0.921. The molecule has 11 heavy (non-hydrogen) atoms. The summed E-state index contributed by atoms with van der Waals surface area (Å²) in [5.74, 6) is 0. The Morgan fingerprint density at radius 1 is 1.36 bits per heavy atom. The smallest absolute Gasteiger partial charge is 0.0794 e. The molecule has 0 unspecified atom stereocenters. The first-order valence-electron chi connectivity index (χ1n) is 3.36. The van der Waals surface area contributed by atoms with E-state index in [-0.39, 0.29) is 0 Å². The second-order valence-electron chi connectivity index (χ2n) is 2.20. The molecule has 2 heterocycles. The maximum Gasteiger partial charge on any atom is 0.0794 e. The van der Waals surface area contributed by atoms with Crippen molar-refractivity contribution < 1.29 is 0 Å². The quantitative estimate of drug-likeness (QED) is 0.505. The van der Waals surface area contributed by atoms with Crippen molar-refractivity contribution >= 4 is 12.3 Å². The molecule has 0 saturated heterocycles. The van der Waals surface area contributed by atoms with Gasteiger partial charge in [0, 0.05) is 24.1 Å². The van der Waals surface area contributed by atoms with Crippen LogP contribution in [0.3, 0.4) is 0 Å². The fourth-order valence-corrected chi connectivity index (χ4v) is 0.937. The Balaban J connectivity index is 2.67. The normalized spacial score (nSPS) is 12.7. The second kappa shape index (κ2) is 2.52. The molecule has 0 fully saturated rings. The van der Waals surface area contributed by atoms with E-state index >= 15 is 0 Å². The summed E-state index contributed by atoms with van der Waals surface area (Å²) in [4.78, 5) is 8.13. The lowest BCUT2D eigenvalue weighted by Crippen LogP contribution is -1.87. The van der Waals surface area contributed by atoms with Crippen LogP contribution in [-0.2, 0) is 0 Å². The van der Waals surface area contributed by atoms with Crippen molar-refractivity contribution in [1.29, 1.82) is 0 Å². The first-order chi connectivity index (χ1) is 5.47. The van der Waals surface area contributed by atoms with E-state index in [0.29, 0.717) is 0 Å². The summed E-state index contributed by atoms with van der Waals surface area (Å²) < 4.78 is 0. The summed E-state index contributed by atoms with van der Waals surface area (Å²) >= 11 is 0. The highest BCUT2D eigenvalue weighted by molar-refractivity contribution is 5.85. The first-order valence-corrected chi connectivity index (χ1v) is 3.36. The number of aromatic nitrogens is 1. The Hall–Kier alpha value is -1.66. The Labute approximate surface area is 64.6 Å². The van der Waals surface area contributed by atoms with Crippen LogP contribution in [0.15, 0.2) is 35.3 Å². The van der Waals surface area contributed by atoms with Crippen molar-refractivity contribution in [2.45, 2.75) is 0 Å². The summed E-state index contributed by atoms with van der Waals surface area (Å²) in [7, 11) is 0. The van der Waals surface area contributed by atoms with Gasteiger partial charge in [0.2, 0.25) is 0 Å². The van der Waals surface area contributed by atoms with Gasteiger partial charge in [-0.3, -0.25) is 9.98 Å². The largest absolute Gasteiger partial charge is 0.256 e. The van der Waals surface area contributed by atoms with Crippen LogP contribution < -0.4 is 0 Å². The summed E-state index contributed by atoms with van der Waals surface area (Å²) in [6.45, 7) is 0. The monoisotopic (exact) mass is 142 g/mol. The number of nitrogens with zero attached hydrogens (tertiary/aromatic N) is 2. The van der Waals surface area contributed by atoms with Crippen molar-refractivity contribution in [3.63, 3.8) is 0 Å². The Morgan fingerprint density at radius 3 is 3.36 bits per heavy atom. The van der Waals surface area contributed by atoms with E-state index in [4.69, 9.17) is 0 Å². The highest BCUT2D eigenvalue weighted by atomic mass is 14.7. The zero-order valence-corrected chi connectivity index (χ0v) is 5.86. The van der Waals surface area contributed by atoms with E-state index in [9.17, 15) is 0 Å². The fraction of sp³-hybridized carbons (Fsp3) is 0. The van der Waals surface area contributed by atoms with Gasteiger partial charge in [-0.05, 0) is 12.1 Å². The van der Waals surface area contributed by atoms with Crippen molar-refractivity contribution in [3.8, 4) is 0 Å². The zero-order valence-electron chi connectivity index (χ0n) is 5.86. The van der Waals surface area contributed by atoms with Gasteiger partial charge in [-0.25, -0.2) is 0 Å². The maximum atomic E-state index is 4.15.